The van der Waals surface area contributed by atoms with Crippen LogP contribution in [-0.4, -0.2) is 40.5 Å². The molecule has 3 fully saturated rings. The third-order valence-electron chi connectivity index (χ3n) is 8.77. The Labute approximate surface area is 168 Å². The first-order valence-electron chi connectivity index (χ1n) is 11.0. The van der Waals surface area contributed by atoms with Crippen molar-refractivity contribution in [3.8, 4) is 0 Å². The number of ketones is 1. The van der Waals surface area contributed by atoms with Crippen molar-refractivity contribution in [1.82, 2.24) is 0 Å². The lowest BCUT2D eigenvalue weighted by atomic mass is 9.47. The molecule has 5 nitrogen and oxygen atoms in total. The van der Waals surface area contributed by atoms with Gasteiger partial charge in [0.15, 0.2) is 5.78 Å². The SMILES string of the molecule is CCON=C(C)[C@H]1CCC2C3=CC(=O)[C@@H]4C[C@@H](O)[C@@H](O)C[C@]4(C)C3CC[C@@]21C. The molecule has 4 aliphatic carbocycles. The molecular weight excluding hydrogens is 354 g/mol. The monoisotopic (exact) mass is 389 g/mol. The standard InChI is InChI=1S/C23H35NO4/c1-5-28-24-13(2)15-6-7-16-14-10-19(25)18-11-20(26)21(27)12-23(18,4)17(14)8-9-22(15,16)3/h10,15-18,20-21,26-27H,5-9,11-12H2,1-4H3/t15-,16?,17?,18+,20-,21+,22-,23-/m1/s1. The molecular formula is C23H35NO4. The molecule has 3 saturated carbocycles. The predicted octanol–water partition coefficient (Wildman–Crippen LogP) is 3.49. The number of fused-ring (bicyclic) bond motifs is 5. The normalized spacial score (nSPS) is 48.4. The van der Waals surface area contributed by atoms with Crippen molar-refractivity contribution in [1.29, 1.82) is 0 Å². The summed E-state index contributed by atoms with van der Waals surface area (Å²) in [7, 11) is 0. The summed E-state index contributed by atoms with van der Waals surface area (Å²) >= 11 is 0. The fourth-order valence-corrected chi connectivity index (χ4v) is 7.31. The molecule has 156 valence electrons. The van der Waals surface area contributed by atoms with Crippen molar-refractivity contribution in [3.05, 3.63) is 11.6 Å². The molecule has 5 heteroatoms. The van der Waals surface area contributed by atoms with E-state index in [2.05, 4.69) is 25.9 Å². The van der Waals surface area contributed by atoms with Gasteiger partial charge >= 0.3 is 0 Å². The first-order chi connectivity index (χ1) is 13.2. The van der Waals surface area contributed by atoms with Gasteiger partial charge in [-0.3, -0.25) is 4.79 Å². The van der Waals surface area contributed by atoms with Gasteiger partial charge in [-0.05, 0) is 81.1 Å². The van der Waals surface area contributed by atoms with E-state index in [9.17, 15) is 15.0 Å². The van der Waals surface area contributed by atoms with Gasteiger partial charge in [-0.15, -0.1) is 0 Å². The number of hydrogen-bond donors (Lipinski definition) is 2. The number of aliphatic hydroxyl groups is 2. The first kappa shape index (κ1) is 20.1. The van der Waals surface area contributed by atoms with Crippen LogP contribution < -0.4 is 0 Å². The summed E-state index contributed by atoms with van der Waals surface area (Å²) in [6, 6.07) is 0. The Morgan fingerprint density at radius 2 is 1.86 bits per heavy atom. The molecule has 0 amide bonds. The Balaban J connectivity index is 1.67. The van der Waals surface area contributed by atoms with E-state index in [4.69, 9.17) is 4.84 Å². The van der Waals surface area contributed by atoms with Crippen LogP contribution in [0.3, 0.4) is 0 Å². The number of aliphatic hydroxyl groups excluding tert-OH is 2. The maximum Gasteiger partial charge on any atom is 0.159 e. The molecule has 0 aromatic heterocycles. The average Bonchev–Trinajstić information content (AvgIpc) is 2.99. The number of carbonyl (C=O) groups is 1. The Hall–Kier alpha value is -1.20. The highest BCUT2D eigenvalue weighted by Crippen LogP contribution is 2.65. The molecule has 28 heavy (non-hydrogen) atoms. The van der Waals surface area contributed by atoms with Crippen molar-refractivity contribution in [2.75, 3.05) is 6.61 Å². The number of oxime groups is 1. The van der Waals surface area contributed by atoms with Gasteiger partial charge in [-0.1, -0.05) is 24.6 Å². The van der Waals surface area contributed by atoms with Gasteiger partial charge in [0.25, 0.3) is 0 Å². The molecule has 0 aromatic carbocycles. The molecule has 0 radical (unpaired) electrons. The van der Waals surface area contributed by atoms with E-state index in [1.54, 1.807) is 0 Å². The topological polar surface area (TPSA) is 79.1 Å². The van der Waals surface area contributed by atoms with Crippen LogP contribution in [0.1, 0.15) is 66.2 Å². The van der Waals surface area contributed by atoms with E-state index in [1.807, 2.05) is 13.0 Å². The van der Waals surface area contributed by atoms with Crippen molar-refractivity contribution in [2.24, 2.45) is 39.7 Å². The second kappa shape index (κ2) is 6.94. The molecule has 2 unspecified atom stereocenters. The van der Waals surface area contributed by atoms with E-state index in [0.717, 1.165) is 31.4 Å². The highest BCUT2D eigenvalue weighted by molar-refractivity contribution is 5.95. The smallest absolute Gasteiger partial charge is 0.159 e. The Kier molecular flexibility index (Phi) is 4.98. The molecule has 4 aliphatic rings. The van der Waals surface area contributed by atoms with Gasteiger partial charge in [-0.25, -0.2) is 0 Å². The molecule has 0 bridgehead atoms. The second-order valence-corrected chi connectivity index (χ2v) is 10.1. The number of hydrogen-bond acceptors (Lipinski definition) is 5. The summed E-state index contributed by atoms with van der Waals surface area (Å²) in [6.07, 6.45) is 5.66. The van der Waals surface area contributed by atoms with E-state index < -0.39 is 12.2 Å². The number of allylic oxidation sites excluding steroid dienone is 2. The fraction of sp³-hybridized carbons (Fsp3) is 0.826. The molecule has 0 saturated heterocycles. The van der Waals surface area contributed by atoms with Crippen LogP contribution in [0.2, 0.25) is 0 Å². The maximum absolute atomic E-state index is 13.1. The minimum absolute atomic E-state index is 0.114. The third kappa shape index (κ3) is 2.80. The van der Waals surface area contributed by atoms with Gasteiger partial charge in [0, 0.05) is 11.8 Å². The van der Waals surface area contributed by atoms with Gasteiger partial charge < -0.3 is 15.1 Å². The van der Waals surface area contributed by atoms with Crippen molar-refractivity contribution in [2.45, 2.75) is 78.4 Å². The summed E-state index contributed by atoms with van der Waals surface area (Å²) < 4.78 is 0. The van der Waals surface area contributed by atoms with Crippen LogP contribution in [0.15, 0.2) is 16.8 Å². The van der Waals surface area contributed by atoms with Crippen LogP contribution in [0.5, 0.6) is 0 Å². The number of nitrogens with zero attached hydrogens (tertiary/aromatic N) is 1. The second-order valence-electron chi connectivity index (χ2n) is 10.1. The quantitative estimate of drug-likeness (QED) is 0.572. The van der Waals surface area contributed by atoms with Gasteiger partial charge in [0.05, 0.1) is 17.9 Å². The summed E-state index contributed by atoms with van der Waals surface area (Å²) in [6.45, 7) is 9.16. The van der Waals surface area contributed by atoms with Crippen LogP contribution in [0.25, 0.3) is 0 Å². The van der Waals surface area contributed by atoms with E-state index in [-0.39, 0.29) is 22.5 Å². The zero-order valence-corrected chi connectivity index (χ0v) is 17.6. The summed E-state index contributed by atoms with van der Waals surface area (Å²) in [5.41, 5.74) is 2.26. The van der Waals surface area contributed by atoms with Crippen LogP contribution in [-0.2, 0) is 9.63 Å². The van der Waals surface area contributed by atoms with Gasteiger partial charge in [0.1, 0.15) is 6.61 Å². The summed E-state index contributed by atoms with van der Waals surface area (Å²) in [4.78, 5) is 18.4. The lowest BCUT2D eigenvalue weighted by Crippen LogP contribution is -2.55. The summed E-state index contributed by atoms with van der Waals surface area (Å²) in [5.74, 6) is 1.12. The molecule has 4 rings (SSSR count). The fourth-order valence-electron chi connectivity index (χ4n) is 7.31. The first-order valence-corrected chi connectivity index (χ1v) is 11.0. The van der Waals surface area contributed by atoms with Crippen molar-refractivity contribution in [3.63, 3.8) is 0 Å². The van der Waals surface area contributed by atoms with Crippen molar-refractivity contribution >= 4 is 11.5 Å². The van der Waals surface area contributed by atoms with Crippen LogP contribution >= 0.6 is 0 Å². The Morgan fingerprint density at radius 3 is 2.57 bits per heavy atom. The molecule has 0 heterocycles. The zero-order valence-electron chi connectivity index (χ0n) is 17.6. The molecule has 8 atom stereocenters. The lowest BCUT2D eigenvalue weighted by molar-refractivity contribution is -0.142. The molecule has 0 aromatic rings. The minimum Gasteiger partial charge on any atom is -0.396 e. The lowest BCUT2D eigenvalue weighted by Gasteiger charge is -2.57. The Morgan fingerprint density at radius 1 is 1.14 bits per heavy atom. The predicted molar refractivity (Wildman–Crippen MR) is 108 cm³/mol. The highest BCUT2D eigenvalue weighted by atomic mass is 16.6. The van der Waals surface area contributed by atoms with E-state index >= 15 is 0 Å². The minimum atomic E-state index is -0.779. The largest absolute Gasteiger partial charge is 0.396 e. The number of rotatable bonds is 3. The van der Waals surface area contributed by atoms with Crippen LogP contribution in [0.4, 0.5) is 0 Å². The van der Waals surface area contributed by atoms with E-state index in [1.165, 1.54) is 5.57 Å². The van der Waals surface area contributed by atoms with Crippen LogP contribution in [0, 0.1) is 34.5 Å². The third-order valence-corrected chi connectivity index (χ3v) is 8.77. The highest BCUT2D eigenvalue weighted by Gasteiger charge is 2.60. The Bertz CT molecular complexity index is 715. The number of carbonyl (C=O) groups excluding carboxylic acids is 1. The maximum atomic E-state index is 13.1. The van der Waals surface area contributed by atoms with E-state index in [0.29, 0.717) is 37.2 Å². The van der Waals surface area contributed by atoms with Crippen molar-refractivity contribution < 1.29 is 19.8 Å². The van der Waals surface area contributed by atoms with Gasteiger partial charge in [-0.2, -0.15) is 0 Å². The molecule has 2 N–H and O–H groups in total. The average molecular weight is 390 g/mol. The summed E-state index contributed by atoms with van der Waals surface area (Å²) in [5, 5.41) is 24.9. The zero-order chi connectivity index (χ0) is 20.3. The molecule has 0 aliphatic heterocycles. The van der Waals surface area contributed by atoms with Gasteiger partial charge in [0.2, 0.25) is 0 Å². The molecule has 0 spiro atoms.